The fraction of sp³-hybridized carbons (Fsp3) is 0.458. The predicted molar refractivity (Wildman–Crippen MR) is 118 cm³/mol. The molecule has 0 N–H and O–H groups in total. The first-order valence-electron chi connectivity index (χ1n) is 10.1. The van der Waals surface area contributed by atoms with Gasteiger partial charge in [-0.3, -0.25) is 4.79 Å². The van der Waals surface area contributed by atoms with Gasteiger partial charge in [0.1, 0.15) is 5.75 Å². The van der Waals surface area contributed by atoms with Gasteiger partial charge in [0.05, 0.1) is 6.61 Å². The first kappa shape index (κ1) is 21.6. The molecule has 2 nitrogen and oxygen atoms in total. The lowest BCUT2D eigenvalue weighted by molar-refractivity contribution is 0.108. The van der Waals surface area contributed by atoms with E-state index in [2.05, 4.69) is 32.9 Å². The summed E-state index contributed by atoms with van der Waals surface area (Å²) < 4.78 is 5.97. The summed E-state index contributed by atoms with van der Waals surface area (Å²) in [6.07, 6.45) is 4.89. The third-order valence-corrected chi connectivity index (χ3v) is 6.14. The summed E-state index contributed by atoms with van der Waals surface area (Å²) >= 11 is 0. The molecule has 0 heterocycles. The molecule has 0 aromatic heterocycles. The fourth-order valence-corrected chi connectivity index (χ4v) is 4.59. The molecular formula is C24H33O2P. The lowest BCUT2D eigenvalue weighted by atomic mass is 10.0. The molecule has 0 saturated carbocycles. The molecule has 0 spiro atoms. The Kier molecular flexibility index (Phi) is 8.51. The second kappa shape index (κ2) is 10.6. The molecule has 0 fully saturated rings. The molecule has 2 rings (SSSR count). The van der Waals surface area contributed by atoms with Crippen LogP contribution >= 0.6 is 8.58 Å². The van der Waals surface area contributed by atoms with Gasteiger partial charge in [-0.2, -0.15) is 0 Å². The van der Waals surface area contributed by atoms with Gasteiger partial charge in [0.25, 0.3) is 0 Å². The normalized spacial score (nSPS) is 12.5. The van der Waals surface area contributed by atoms with Crippen molar-refractivity contribution in [3.63, 3.8) is 0 Å². The van der Waals surface area contributed by atoms with Crippen LogP contribution in [0.25, 0.3) is 0 Å². The summed E-state index contributed by atoms with van der Waals surface area (Å²) in [5, 5.41) is 1.06. The van der Waals surface area contributed by atoms with Crippen molar-refractivity contribution in [3.8, 4) is 5.75 Å². The number of carbonyl (C=O) groups excluding carboxylic acids is 1. The van der Waals surface area contributed by atoms with Crippen LogP contribution in [0, 0.1) is 26.7 Å². The summed E-state index contributed by atoms with van der Waals surface area (Å²) in [5.74, 6) is 1.52. The molecule has 2 aromatic carbocycles. The monoisotopic (exact) mass is 384 g/mol. The standard InChI is InChI=1S/C24H33O2P/c1-6-8-9-20(7-2)16-26-21-10-12-22(13-11-21)27-24(25)23-18(4)14-17(3)15-19(23)5/h10-15,20,27H,6-9,16H2,1-5H3. The number of carbonyl (C=O) groups is 1. The molecular weight excluding hydrogens is 351 g/mol. The number of aryl methyl sites for hydroxylation is 3. The van der Waals surface area contributed by atoms with Crippen molar-refractivity contribution in [2.45, 2.75) is 60.3 Å². The van der Waals surface area contributed by atoms with Gasteiger partial charge < -0.3 is 4.74 Å². The topological polar surface area (TPSA) is 26.3 Å². The Morgan fingerprint density at radius 1 is 1.04 bits per heavy atom. The summed E-state index contributed by atoms with van der Waals surface area (Å²) in [6.45, 7) is 11.4. The number of rotatable bonds is 10. The molecule has 2 unspecified atom stereocenters. The molecule has 0 bridgehead atoms. The SMILES string of the molecule is CCCCC(CC)COc1ccc(PC(=O)c2c(C)cc(C)cc2C)cc1. The van der Waals surface area contributed by atoms with E-state index in [0.717, 1.165) is 40.8 Å². The molecule has 146 valence electrons. The van der Waals surface area contributed by atoms with Gasteiger partial charge in [0.2, 0.25) is 0 Å². The highest BCUT2D eigenvalue weighted by molar-refractivity contribution is 7.66. The van der Waals surface area contributed by atoms with Crippen LogP contribution in [-0.2, 0) is 0 Å². The summed E-state index contributed by atoms with van der Waals surface area (Å²) in [6, 6.07) is 12.2. The number of hydrogen-bond donors (Lipinski definition) is 0. The highest BCUT2D eigenvalue weighted by atomic mass is 31.1. The first-order chi connectivity index (χ1) is 12.9. The molecule has 0 saturated heterocycles. The van der Waals surface area contributed by atoms with Crippen LogP contribution in [0.5, 0.6) is 5.75 Å². The van der Waals surface area contributed by atoms with E-state index in [1.807, 2.05) is 38.1 Å². The Morgan fingerprint density at radius 3 is 2.22 bits per heavy atom. The summed E-state index contributed by atoms with van der Waals surface area (Å²) in [4.78, 5) is 12.8. The maximum absolute atomic E-state index is 12.8. The van der Waals surface area contributed by atoms with Gasteiger partial charge in [-0.15, -0.1) is 0 Å². The molecule has 27 heavy (non-hydrogen) atoms. The number of unbranched alkanes of at least 4 members (excludes halogenated alkanes) is 1. The highest BCUT2D eigenvalue weighted by Gasteiger charge is 2.14. The van der Waals surface area contributed by atoms with Gasteiger partial charge in [-0.25, -0.2) is 0 Å². The average molecular weight is 385 g/mol. The zero-order valence-corrected chi connectivity index (χ0v) is 18.4. The van der Waals surface area contributed by atoms with Crippen molar-refractivity contribution in [2.24, 2.45) is 5.92 Å². The summed E-state index contributed by atoms with van der Waals surface area (Å²) in [7, 11) is 0.145. The highest BCUT2D eigenvalue weighted by Crippen LogP contribution is 2.26. The van der Waals surface area contributed by atoms with E-state index in [4.69, 9.17) is 4.74 Å². The van der Waals surface area contributed by atoms with E-state index in [1.165, 1.54) is 24.8 Å². The minimum Gasteiger partial charge on any atom is -0.493 e. The molecule has 0 aliphatic heterocycles. The first-order valence-corrected chi connectivity index (χ1v) is 11.1. The lowest BCUT2D eigenvalue weighted by Gasteiger charge is -2.15. The third kappa shape index (κ3) is 6.47. The zero-order valence-electron chi connectivity index (χ0n) is 17.4. The molecule has 0 aliphatic rings. The average Bonchev–Trinajstić information content (AvgIpc) is 2.62. The van der Waals surface area contributed by atoms with E-state index < -0.39 is 0 Å². The van der Waals surface area contributed by atoms with Crippen LogP contribution in [0.4, 0.5) is 0 Å². The Morgan fingerprint density at radius 2 is 1.67 bits per heavy atom. The quantitative estimate of drug-likeness (QED) is 0.446. The maximum atomic E-state index is 12.8. The number of ether oxygens (including phenoxy) is 1. The van der Waals surface area contributed by atoms with Crippen molar-refractivity contribution in [1.82, 2.24) is 0 Å². The molecule has 0 aliphatic carbocycles. The van der Waals surface area contributed by atoms with E-state index in [0.29, 0.717) is 5.92 Å². The Bertz CT molecular complexity index is 726. The third-order valence-electron chi connectivity index (χ3n) is 5.05. The van der Waals surface area contributed by atoms with Crippen molar-refractivity contribution in [2.75, 3.05) is 6.61 Å². The van der Waals surface area contributed by atoms with Crippen molar-refractivity contribution in [1.29, 1.82) is 0 Å². The van der Waals surface area contributed by atoms with Crippen molar-refractivity contribution >= 4 is 19.4 Å². The minimum atomic E-state index is 0.145. The molecule has 2 aromatic rings. The zero-order chi connectivity index (χ0) is 19.8. The van der Waals surface area contributed by atoms with Crippen LogP contribution in [0.15, 0.2) is 36.4 Å². The van der Waals surface area contributed by atoms with Crippen LogP contribution in [0.3, 0.4) is 0 Å². The van der Waals surface area contributed by atoms with Gasteiger partial charge in [-0.1, -0.05) is 62.9 Å². The largest absolute Gasteiger partial charge is 0.493 e. The fourth-order valence-electron chi connectivity index (χ4n) is 3.48. The smallest absolute Gasteiger partial charge is 0.186 e. The summed E-state index contributed by atoms with van der Waals surface area (Å²) in [5.41, 5.74) is 4.44. The lowest BCUT2D eigenvalue weighted by Crippen LogP contribution is -2.11. The maximum Gasteiger partial charge on any atom is 0.186 e. The van der Waals surface area contributed by atoms with Gasteiger partial charge in [-0.05, 0) is 70.3 Å². The van der Waals surface area contributed by atoms with Crippen LogP contribution in [0.2, 0.25) is 0 Å². The van der Waals surface area contributed by atoms with Crippen molar-refractivity contribution in [3.05, 3.63) is 58.7 Å². The Balaban J connectivity index is 1.96. The Labute approximate surface area is 166 Å². The van der Waals surface area contributed by atoms with Crippen LogP contribution in [-0.4, -0.2) is 12.1 Å². The second-order valence-electron chi connectivity index (χ2n) is 7.48. The predicted octanol–water partition coefficient (Wildman–Crippen LogP) is 6.35. The molecule has 0 radical (unpaired) electrons. The molecule has 0 amide bonds. The molecule has 2 atom stereocenters. The van der Waals surface area contributed by atoms with E-state index in [1.54, 1.807) is 0 Å². The van der Waals surface area contributed by atoms with Crippen molar-refractivity contribution < 1.29 is 9.53 Å². The van der Waals surface area contributed by atoms with E-state index >= 15 is 0 Å². The van der Waals surface area contributed by atoms with Gasteiger partial charge in [0, 0.05) is 5.56 Å². The molecule has 3 heteroatoms. The van der Waals surface area contributed by atoms with Gasteiger partial charge in [0.15, 0.2) is 5.52 Å². The minimum absolute atomic E-state index is 0.145. The second-order valence-corrected chi connectivity index (χ2v) is 8.76. The van der Waals surface area contributed by atoms with Gasteiger partial charge >= 0.3 is 0 Å². The van der Waals surface area contributed by atoms with E-state index in [9.17, 15) is 4.79 Å². The van der Waals surface area contributed by atoms with Crippen LogP contribution in [0.1, 0.15) is 66.6 Å². The van der Waals surface area contributed by atoms with E-state index in [-0.39, 0.29) is 14.1 Å². The Hall–Kier alpha value is -1.66. The number of benzene rings is 2. The number of hydrogen-bond acceptors (Lipinski definition) is 2. The van der Waals surface area contributed by atoms with Crippen LogP contribution < -0.4 is 10.0 Å².